The van der Waals surface area contributed by atoms with Crippen molar-refractivity contribution in [1.29, 1.82) is 0 Å². The van der Waals surface area contributed by atoms with Gasteiger partial charge in [0.1, 0.15) is 5.82 Å². The Morgan fingerprint density at radius 3 is 2.03 bits per heavy atom. The SMILES string of the molecule is CCCCC=CC1CCC(C2CCC(c3ccc(-c4ccc(CCCC)c(F)c4F)c(F)c3)CC2)CC1. The number of hydrogen-bond acceptors (Lipinski definition) is 0. The highest BCUT2D eigenvalue weighted by Crippen LogP contribution is 2.44. The molecule has 0 amide bonds. The Morgan fingerprint density at radius 2 is 1.38 bits per heavy atom. The van der Waals surface area contributed by atoms with Gasteiger partial charge < -0.3 is 0 Å². The second-order valence-corrected chi connectivity index (χ2v) is 11.6. The van der Waals surface area contributed by atoms with E-state index >= 15 is 4.39 Å². The quantitative estimate of drug-likeness (QED) is 0.220. The van der Waals surface area contributed by atoms with Crippen LogP contribution in [0.15, 0.2) is 42.5 Å². The second kappa shape index (κ2) is 13.7. The first-order valence-corrected chi connectivity index (χ1v) is 14.9. The molecule has 3 heteroatoms. The molecule has 0 aliphatic heterocycles. The molecule has 0 heterocycles. The van der Waals surface area contributed by atoms with Gasteiger partial charge in [-0.1, -0.05) is 69.5 Å². The van der Waals surface area contributed by atoms with Crippen molar-refractivity contribution in [3.63, 3.8) is 0 Å². The van der Waals surface area contributed by atoms with Gasteiger partial charge in [0.25, 0.3) is 0 Å². The summed E-state index contributed by atoms with van der Waals surface area (Å²) in [7, 11) is 0. The topological polar surface area (TPSA) is 0 Å². The third-order valence-corrected chi connectivity index (χ3v) is 9.10. The predicted octanol–water partition coefficient (Wildman–Crippen LogP) is 10.9. The molecule has 0 radical (unpaired) electrons. The van der Waals surface area contributed by atoms with E-state index in [9.17, 15) is 8.78 Å². The van der Waals surface area contributed by atoms with Crippen molar-refractivity contribution < 1.29 is 13.2 Å². The summed E-state index contributed by atoms with van der Waals surface area (Å²) < 4.78 is 44.5. The number of halogens is 3. The number of unbranched alkanes of at least 4 members (excludes halogenated alkanes) is 3. The molecule has 0 saturated heterocycles. The van der Waals surface area contributed by atoms with E-state index in [4.69, 9.17) is 0 Å². The first-order valence-electron chi connectivity index (χ1n) is 14.9. The van der Waals surface area contributed by atoms with Crippen molar-refractivity contribution in [2.75, 3.05) is 0 Å². The predicted molar refractivity (Wildman–Crippen MR) is 149 cm³/mol. The fraction of sp³-hybridized carbons (Fsp3) is 0.588. The molecule has 2 aromatic carbocycles. The van der Waals surface area contributed by atoms with Gasteiger partial charge in [0, 0.05) is 11.1 Å². The molecule has 0 nitrogen and oxygen atoms in total. The Kier molecular flexibility index (Phi) is 10.3. The summed E-state index contributed by atoms with van der Waals surface area (Å²) in [5.74, 6) is 0.547. The van der Waals surface area contributed by atoms with Gasteiger partial charge in [0.05, 0.1) is 0 Å². The van der Waals surface area contributed by atoms with Gasteiger partial charge in [-0.15, -0.1) is 0 Å². The van der Waals surface area contributed by atoms with Gasteiger partial charge in [0.2, 0.25) is 0 Å². The number of allylic oxidation sites excluding steroid dienone is 2. The van der Waals surface area contributed by atoms with Gasteiger partial charge in [-0.3, -0.25) is 0 Å². The molecule has 2 aliphatic carbocycles. The summed E-state index contributed by atoms with van der Waals surface area (Å²) in [5, 5.41) is 0. The lowest BCUT2D eigenvalue weighted by atomic mass is 9.68. The molecule has 2 fully saturated rings. The van der Waals surface area contributed by atoms with Crippen LogP contribution in [0.1, 0.15) is 114 Å². The van der Waals surface area contributed by atoms with Crippen molar-refractivity contribution in [3.8, 4) is 11.1 Å². The summed E-state index contributed by atoms with van der Waals surface area (Å²) in [4.78, 5) is 0. The molecule has 0 aromatic heterocycles. The maximum absolute atomic E-state index is 15.1. The number of rotatable bonds is 10. The summed E-state index contributed by atoms with van der Waals surface area (Å²) in [5.41, 5.74) is 1.53. The highest BCUT2D eigenvalue weighted by Gasteiger charge is 2.31. The first-order chi connectivity index (χ1) is 18.0. The van der Waals surface area contributed by atoms with Crippen molar-refractivity contribution >= 4 is 0 Å². The minimum absolute atomic E-state index is 0.0151. The van der Waals surface area contributed by atoms with Gasteiger partial charge in [0.15, 0.2) is 11.6 Å². The largest absolute Gasteiger partial charge is 0.206 e. The minimum atomic E-state index is -0.938. The van der Waals surface area contributed by atoms with Gasteiger partial charge in [-0.05, 0) is 111 Å². The van der Waals surface area contributed by atoms with Crippen LogP contribution in [-0.2, 0) is 6.42 Å². The summed E-state index contributed by atoms with van der Waals surface area (Å²) >= 11 is 0. The summed E-state index contributed by atoms with van der Waals surface area (Å²) in [6.07, 6.45) is 20.9. The Balaban J connectivity index is 1.32. The number of benzene rings is 2. The van der Waals surface area contributed by atoms with E-state index < -0.39 is 17.5 Å². The second-order valence-electron chi connectivity index (χ2n) is 11.6. The van der Waals surface area contributed by atoms with Crippen LogP contribution < -0.4 is 0 Å². The van der Waals surface area contributed by atoms with Gasteiger partial charge >= 0.3 is 0 Å². The van der Waals surface area contributed by atoms with E-state index in [1.54, 1.807) is 18.2 Å². The van der Waals surface area contributed by atoms with E-state index in [2.05, 4.69) is 19.1 Å². The molecule has 202 valence electrons. The minimum Gasteiger partial charge on any atom is -0.206 e. The molecule has 0 atom stereocenters. The van der Waals surface area contributed by atoms with Crippen LogP contribution in [0.2, 0.25) is 0 Å². The molecule has 0 N–H and O–H groups in total. The van der Waals surface area contributed by atoms with E-state index in [0.717, 1.165) is 49.0 Å². The molecule has 2 aromatic rings. The number of hydrogen-bond donors (Lipinski definition) is 0. The molecule has 0 unspecified atom stereocenters. The molecule has 37 heavy (non-hydrogen) atoms. The standard InChI is InChI=1S/C34H45F3/c1-3-5-7-8-9-24-11-13-25(14-12-24)26-15-17-27(18-16-26)29-20-21-30(32(35)23-29)31-22-19-28(10-6-4-2)33(36)34(31)37/h8-9,19-27H,3-7,10-18H2,1-2H3. The van der Waals surface area contributed by atoms with E-state index in [0.29, 0.717) is 17.9 Å². The monoisotopic (exact) mass is 510 g/mol. The van der Waals surface area contributed by atoms with E-state index in [-0.39, 0.29) is 11.1 Å². The third kappa shape index (κ3) is 7.09. The summed E-state index contributed by atoms with van der Waals surface area (Å²) in [6.45, 7) is 4.27. The van der Waals surface area contributed by atoms with Crippen molar-refractivity contribution in [2.24, 2.45) is 17.8 Å². The average molecular weight is 511 g/mol. The molecular formula is C34H45F3. The van der Waals surface area contributed by atoms with Gasteiger partial charge in [-0.25, -0.2) is 13.2 Å². The smallest absolute Gasteiger partial charge is 0.167 e. The first kappa shape index (κ1) is 28.0. The zero-order chi connectivity index (χ0) is 26.2. The van der Waals surface area contributed by atoms with Crippen molar-refractivity contribution in [2.45, 2.75) is 110 Å². The molecule has 0 bridgehead atoms. The van der Waals surface area contributed by atoms with Crippen LogP contribution in [0, 0.1) is 35.2 Å². The Labute approximate surface area is 222 Å². The molecule has 0 spiro atoms. The van der Waals surface area contributed by atoms with Crippen LogP contribution in [0.25, 0.3) is 11.1 Å². The van der Waals surface area contributed by atoms with Crippen molar-refractivity contribution in [1.82, 2.24) is 0 Å². The van der Waals surface area contributed by atoms with E-state index in [1.165, 1.54) is 63.9 Å². The zero-order valence-corrected chi connectivity index (χ0v) is 22.9. The van der Waals surface area contributed by atoms with Crippen LogP contribution >= 0.6 is 0 Å². The number of aryl methyl sites for hydroxylation is 1. The highest BCUT2D eigenvalue weighted by molar-refractivity contribution is 5.66. The van der Waals surface area contributed by atoms with Crippen LogP contribution in [0.3, 0.4) is 0 Å². The van der Waals surface area contributed by atoms with E-state index in [1.807, 2.05) is 13.0 Å². The molecular weight excluding hydrogens is 465 g/mol. The third-order valence-electron chi connectivity index (χ3n) is 9.10. The van der Waals surface area contributed by atoms with Crippen molar-refractivity contribution in [3.05, 3.63) is 71.1 Å². The van der Waals surface area contributed by atoms with Gasteiger partial charge in [-0.2, -0.15) is 0 Å². The lowest BCUT2D eigenvalue weighted by Gasteiger charge is -2.37. The Hall–Kier alpha value is -2.03. The lowest BCUT2D eigenvalue weighted by Crippen LogP contribution is -2.25. The maximum atomic E-state index is 15.1. The fourth-order valence-corrected chi connectivity index (χ4v) is 6.70. The molecule has 2 saturated carbocycles. The normalized spacial score (nSPS) is 24.6. The maximum Gasteiger partial charge on any atom is 0.167 e. The fourth-order valence-electron chi connectivity index (χ4n) is 6.70. The molecule has 2 aliphatic rings. The Bertz CT molecular complexity index is 1020. The van der Waals surface area contributed by atoms with Crippen LogP contribution in [0.4, 0.5) is 13.2 Å². The van der Waals surface area contributed by atoms with Crippen LogP contribution in [0.5, 0.6) is 0 Å². The summed E-state index contributed by atoms with van der Waals surface area (Å²) in [6, 6.07) is 8.28. The Morgan fingerprint density at radius 1 is 0.730 bits per heavy atom. The lowest BCUT2D eigenvalue weighted by molar-refractivity contribution is 0.171. The average Bonchev–Trinajstić information content (AvgIpc) is 2.93. The van der Waals surface area contributed by atoms with Crippen LogP contribution in [-0.4, -0.2) is 0 Å². The highest BCUT2D eigenvalue weighted by atomic mass is 19.2. The molecule has 4 rings (SSSR count). The zero-order valence-electron chi connectivity index (χ0n) is 22.9.